The van der Waals surface area contributed by atoms with Crippen molar-refractivity contribution >= 4 is 11.9 Å². The van der Waals surface area contributed by atoms with Gasteiger partial charge in [0.25, 0.3) is 0 Å². The molecule has 2 atom stereocenters. The van der Waals surface area contributed by atoms with Crippen LogP contribution in [-0.4, -0.2) is 37.2 Å². The molecule has 0 aromatic heterocycles. The number of ether oxygens (including phenoxy) is 2. The Balaban J connectivity index is 1.62. The third-order valence-electron chi connectivity index (χ3n) is 3.58. The summed E-state index contributed by atoms with van der Waals surface area (Å²) in [5.74, 6) is -0.344. The third kappa shape index (κ3) is 2.99. The molecular formula is C15H17NO4. The summed E-state index contributed by atoms with van der Waals surface area (Å²) in [7, 11) is 0. The fraction of sp³-hybridized carbons (Fsp3) is 0.467. The molecule has 2 fully saturated rings. The van der Waals surface area contributed by atoms with Crippen molar-refractivity contribution in [3.63, 3.8) is 0 Å². The van der Waals surface area contributed by atoms with Crippen LogP contribution in [0.1, 0.15) is 23.2 Å². The molecule has 1 saturated carbocycles. The first-order valence-corrected chi connectivity index (χ1v) is 6.88. The van der Waals surface area contributed by atoms with Gasteiger partial charge in [0.1, 0.15) is 6.10 Å². The van der Waals surface area contributed by atoms with Crippen LogP contribution in [0.25, 0.3) is 0 Å². The molecule has 1 amide bonds. The van der Waals surface area contributed by atoms with E-state index in [2.05, 4.69) is 5.32 Å². The molecule has 5 nitrogen and oxygen atoms in total. The highest BCUT2D eigenvalue weighted by molar-refractivity contribution is 5.98. The Hall–Kier alpha value is -1.88. The Morgan fingerprint density at radius 2 is 1.90 bits per heavy atom. The first kappa shape index (κ1) is 13.1. The fourth-order valence-electron chi connectivity index (χ4n) is 2.29. The van der Waals surface area contributed by atoms with Crippen molar-refractivity contribution in [1.29, 1.82) is 0 Å². The number of hydrogen-bond donors (Lipinski definition) is 1. The van der Waals surface area contributed by atoms with Gasteiger partial charge in [-0.15, -0.1) is 0 Å². The quantitative estimate of drug-likeness (QED) is 0.851. The van der Waals surface area contributed by atoms with E-state index in [1.807, 2.05) is 18.2 Å². The molecule has 1 aromatic rings. The summed E-state index contributed by atoms with van der Waals surface area (Å²) in [6.07, 6.45) is 1.47. The van der Waals surface area contributed by atoms with Crippen LogP contribution >= 0.6 is 0 Å². The van der Waals surface area contributed by atoms with Crippen molar-refractivity contribution in [2.75, 3.05) is 13.2 Å². The summed E-state index contributed by atoms with van der Waals surface area (Å²) in [4.78, 5) is 24.1. The molecule has 3 rings (SSSR count). The van der Waals surface area contributed by atoms with Crippen LogP contribution in [0.5, 0.6) is 0 Å². The first-order valence-electron chi connectivity index (χ1n) is 6.88. The normalized spacial score (nSPS) is 25.2. The van der Waals surface area contributed by atoms with Gasteiger partial charge in [0.05, 0.1) is 25.2 Å². The minimum absolute atomic E-state index is 0.000165. The van der Waals surface area contributed by atoms with Crippen molar-refractivity contribution in [1.82, 2.24) is 5.32 Å². The maximum Gasteiger partial charge on any atom is 0.407 e. The fourth-order valence-corrected chi connectivity index (χ4v) is 2.29. The second kappa shape index (κ2) is 5.63. The monoisotopic (exact) mass is 275 g/mol. The van der Waals surface area contributed by atoms with Crippen molar-refractivity contribution in [3.05, 3.63) is 35.9 Å². The number of alkyl carbamates (subject to hydrolysis) is 1. The largest absolute Gasteiger partial charge is 0.446 e. The van der Waals surface area contributed by atoms with Crippen molar-refractivity contribution in [2.45, 2.75) is 25.0 Å². The topological polar surface area (TPSA) is 64.6 Å². The van der Waals surface area contributed by atoms with Gasteiger partial charge in [0, 0.05) is 5.56 Å². The molecular weight excluding hydrogens is 258 g/mol. The molecule has 20 heavy (non-hydrogen) atoms. The standard InChI is InChI=1S/C15H17NO4/c17-14(10-4-2-1-3-5-10)12-8-19-9-13(12)16-15(18)20-11-6-7-11/h1-5,11-13H,6-9H2,(H,16,18)/t12-,13-/m1/s1. The van der Waals surface area contributed by atoms with E-state index in [4.69, 9.17) is 9.47 Å². The van der Waals surface area contributed by atoms with Crippen LogP contribution in [0.2, 0.25) is 0 Å². The zero-order valence-electron chi connectivity index (χ0n) is 11.1. The number of ketones is 1. The maximum atomic E-state index is 12.4. The maximum absolute atomic E-state index is 12.4. The van der Waals surface area contributed by atoms with E-state index in [0.717, 1.165) is 12.8 Å². The van der Waals surface area contributed by atoms with E-state index < -0.39 is 6.09 Å². The molecule has 0 bridgehead atoms. The molecule has 1 saturated heterocycles. The number of nitrogens with one attached hydrogen (secondary N) is 1. The van der Waals surface area contributed by atoms with E-state index in [-0.39, 0.29) is 23.8 Å². The molecule has 1 aromatic carbocycles. The van der Waals surface area contributed by atoms with Crippen LogP contribution in [0.15, 0.2) is 30.3 Å². The molecule has 106 valence electrons. The number of rotatable bonds is 4. The lowest BCUT2D eigenvalue weighted by Crippen LogP contribution is -2.43. The summed E-state index contributed by atoms with van der Waals surface area (Å²) >= 11 is 0. The lowest BCUT2D eigenvalue weighted by Gasteiger charge is -2.17. The van der Waals surface area contributed by atoms with Gasteiger partial charge in [0.2, 0.25) is 0 Å². The van der Waals surface area contributed by atoms with Gasteiger partial charge in [-0.1, -0.05) is 30.3 Å². The van der Waals surface area contributed by atoms with Gasteiger partial charge in [-0.05, 0) is 12.8 Å². The molecule has 1 heterocycles. The minimum atomic E-state index is -0.450. The number of benzene rings is 1. The van der Waals surface area contributed by atoms with Gasteiger partial charge in [-0.2, -0.15) is 0 Å². The molecule has 1 aliphatic heterocycles. The SMILES string of the molecule is O=C(N[C@@H]1COC[C@H]1C(=O)c1ccccc1)OC1CC1. The van der Waals surface area contributed by atoms with E-state index in [9.17, 15) is 9.59 Å². The highest BCUT2D eigenvalue weighted by Crippen LogP contribution is 2.24. The van der Waals surface area contributed by atoms with E-state index in [0.29, 0.717) is 18.8 Å². The predicted molar refractivity (Wildman–Crippen MR) is 71.5 cm³/mol. The van der Waals surface area contributed by atoms with E-state index in [1.165, 1.54) is 0 Å². The van der Waals surface area contributed by atoms with Crippen molar-refractivity contribution in [2.24, 2.45) is 5.92 Å². The second-order valence-corrected chi connectivity index (χ2v) is 5.23. The van der Waals surface area contributed by atoms with Gasteiger partial charge in [0.15, 0.2) is 5.78 Å². The average molecular weight is 275 g/mol. The summed E-state index contributed by atoms with van der Waals surface area (Å²) in [6, 6.07) is 8.76. The molecule has 1 aliphatic carbocycles. The Bertz CT molecular complexity index is 498. The second-order valence-electron chi connectivity index (χ2n) is 5.23. The van der Waals surface area contributed by atoms with Gasteiger partial charge < -0.3 is 14.8 Å². The summed E-state index contributed by atoms with van der Waals surface area (Å²) in [5, 5.41) is 2.74. The van der Waals surface area contributed by atoms with Gasteiger partial charge in [-0.25, -0.2) is 4.79 Å². The summed E-state index contributed by atoms with van der Waals surface area (Å²) in [5.41, 5.74) is 0.644. The number of carbonyl (C=O) groups excluding carboxylic acids is 2. The summed E-state index contributed by atoms with van der Waals surface area (Å²) < 4.78 is 10.5. The highest BCUT2D eigenvalue weighted by Gasteiger charge is 2.36. The van der Waals surface area contributed by atoms with Crippen LogP contribution in [0.3, 0.4) is 0 Å². The zero-order valence-corrected chi connectivity index (χ0v) is 11.1. The lowest BCUT2D eigenvalue weighted by molar-refractivity contribution is 0.0888. The minimum Gasteiger partial charge on any atom is -0.446 e. The molecule has 0 radical (unpaired) electrons. The average Bonchev–Trinajstić information content (AvgIpc) is 3.15. The van der Waals surface area contributed by atoms with Crippen LogP contribution in [0, 0.1) is 5.92 Å². The molecule has 2 aliphatic rings. The zero-order chi connectivity index (χ0) is 13.9. The van der Waals surface area contributed by atoms with Crippen molar-refractivity contribution < 1.29 is 19.1 Å². The Morgan fingerprint density at radius 1 is 1.15 bits per heavy atom. The lowest BCUT2D eigenvalue weighted by atomic mass is 9.93. The van der Waals surface area contributed by atoms with Gasteiger partial charge >= 0.3 is 6.09 Å². The highest BCUT2D eigenvalue weighted by atomic mass is 16.6. The predicted octanol–water partition coefficient (Wildman–Crippen LogP) is 1.77. The van der Waals surface area contributed by atoms with Crippen LogP contribution in [0.4, 0.5) is 4.79 Å². The molecule has 0 spiro atoms. The van der Waals surface area contributed by atoms with E-state index >= 15 is 0 Å². The Morgan fingerprint density at radius 3 is 2.60 bits per heavy atom. The molecule has 5 heteroatoms. The third-order valence-corrected chi connectivity index (χ3v) is 3.58. The number of carbonyl (C=O) groups is 2. The molecule has 0 unspecified atom stereocenters. The molecule has 1 N–H and O–H groups in total. The number of hydrogen-bond acceptors (Lipinski definition) is 4. The Kier molecular flexibility index (Phi) is 3.69. The number of Topliss-reactive ketones (excluding diaryl/α,β-unsaturated/α-hetero) is 1. The van der Waals surface area contributed by atoms with E-state index in [1.54, 1.807) is 12.1 Å². The Labute approximate surface area is 117 Å². The smallest absolute Gasteiger partial charge is 0.407 e. The number of amides is 1. The van der Waals surface area contributed by atoms with Crippen LogP contribution < -0.4 is 5.32 Å². The van der Waals surface area contributed by atoms with Gasteiger partial charge in [-0.3, -0.25) is 4.79 Å². The first-order chi connectivity index (χ1) is 9.74. The van der Waals surface area contributed by atoms with Crippen LogP contribution in [-0.2, 0) is 9.47 Å². The van der Waals surface area contributed by atoms with Crippen molar-refractivity contribution in [3.8, 4) is 0 Å². The summed E-state index contributed by atoms with van der Waals surface area (Å²) in [6.45, 7) is 0.686.